The Kier molecular flexibility index (Phi) is 19.1. The summed E-state index contributed by atoms with van der Waals surface area (Å²) in [5, 5.41) is 45.9. The van der Waals surface area contributed by atoms with E-state index >= 15 is 0 Å². The zero-order valence-corrected chi connectivity index (χ0v) is 40.4. The van der Waals surface area contributed by atoms with E-state index in [1.54, 1.807) is 38.2 Å². The third-order valence-corrected chi connectivity index (χ3v) is 12.4. The van der Waals surface area contributed by atoms with Crippen LogP contribution in [0, 0.1) is 36.4 Å². The number of Topliss-reactive ketones (excluding diaryl/α,β-unsaturated/α-hetero) is 1. The van der Waals surface area contributed by atoms with Crippen LogP contribution in [0.5, 0.6) is 17.2 Å². The molecular formula is C51H70FN5O9. The smallest absolute Gasteiger partial charge is 0.340 e. The number of carbonyl (C=O) groups is 3. The molecule has 15 heteroatoms. The molecule has 0 aliphatic carbocycles. The molecule has 1 saturated heterocycles. The Bertz CT molecular complexity index is 2440. The molecule has 1 amide bonds. The van der Waals surface area contributed by atoms with Crippen molar-refractivity contribution >= 4 is 34.1 Å². The first-order valence-corrected chi connectivity index (χ1v) is 23.0. The summed E-state index contributed by atoms with van der Waals surface area (Å²) >= 11 is 0. The molecule has 0 radical (unpaired) electrons. The molecule has 3 aromatic rings. The van der Waals surface area contributed by atoms with Crippen molar-refractivity contribution in [2.45, 2.75) is 119 Å². The molecule has 1 aromatic heterocycles. The van der Waals surface area contributed by atoms with Crippen LogP contribution in [0.1, 0.15) is 120 Å². The average molecular weight is 916 g/mol. The fourth-order valence-electron chi connectivity index (χ4n) is 8.96. The monoisotopic (exact) mass is 916 g/mol. The number of methoxy groups -OCH3 is 1. The van der Waals surface area contributed by atoms with Crippen molar-refractivity contribution < 1.29 is 48.7 Å². The lowest BCUT2D eigenvalue weighted by Crippen LogP contribution is -2.43. The Hall–Kier alpha value is -5.51. The van der Waals surface area contributed by atoms with Crippen molar-refractivity contribution in [3.63, 3.8) is 0 Å². The molecule has 3 unspecified atom stereocenters. The minimum absolute atomic E-state index is 0.00904. The normalized spacial score (nSPS) is 24.3. The second-order valence-corrected chi connectivity index (χ2v) is 17.7. The Morgan fingerprint density at radius 1 is 1.00 bits per heavy atom. The number of hydrogen-bond acceptors (Lipinski definition) is 13. The molecule has 4 aliphatic heterocycles. The van der Waals surface area contributed by atoms with Gasteiger partial charge in [-0.1, -0.05) is 78.8 Å². The van der Waals surface area contributed by atoms with Crippen molar-refractivity contribution in [1.82, 2.24) is 9.88 Å². The maximum absolute atomic E-state index is 14.5. The average Bonchev–Trinajstić information content (AvgIpc) is 3.67. The number of likely N-dealkylation sites (tertiary alicyclic amines) is 1. The predicted molar refractivity (Wildman–Crippen MR) is 254 cm³/mol. The standard InChI is InChI=1S/C48H60FN5O8.C2H6.CH4O/c1-26(2)25-54-19-17-48(18-20-54)52-39-37-36-34(55)15-10-9-11-16-35(62-47(60)32-22-33(49)24-50-23-32)30(6)42(56)29(5)21-27(3)13-12-14-28(4)46(59)51-41(40(39)53-48)44(58)38(37)43(57)31(7)45(36)61-8;2*1-2/h9-10,12-14,22-24,26-27,29-30,35,42,56-58H,11,15-21,25H2,1-8H3,(H,51,59);1-2H3;2H,1H3/b10-9+,13-12+,28-14-;;/t27?,29-,30+,35?,42?;;/m1../s1. The first kappa shape index (κ1) is 53.1. The maximum atomic E-state index is 14.5. The summed E-state index contributed by atoms with van der Waals surface area (Å²) in [7, 11) is 2.40. The van der Waals surface area contributed by atoms with Crippen molar-refractivity contribution in [1.29, 1.82) is 0 Å². The number of pyridine rings is 1. The highest BCUT2D eigenvalue weighted by molar-refractivity contribution is 6.16. The lowest BCUT2D eigenvalue weighted by molar-refractivity contribution is -0.112. The van der Waals surface area contributed by atoms with Gasteiger partial charge in [0.15, 0.2) is 17.2 Å². The van der Waals surface area contributed by atoms with Crippen molar-refractivity contribution in [2.75, 3.05) is 39.2 Å². The minimum atomic E-state index is -0.925. The van der Waals surface area contributed by atoms with Crippen molar-refractivity contribution in [3.8, 4) is 17.2 Å². The molecule has 0 saturated carbocycles. The van der Waals surface area contributed by atoms with E-state index in [2.05, 4.69) is 29.0 Å². The van der Waals surface area contributed by atoms with Crippen LogP contribution < -0.4 is 20.8 Å². The number of phenols is 2. The highest BCUT2D eigenvalue weighted by atomic mass is 19.1. The molecule has 1 fully saturated rings. The number of fused-ring (bicyclic) bond motifs is 14. The number of hydrogen-bond donors (Lipinski definition) is 5. The molecule has 5 atom stereocenters. The van der Waals surface area contributed by atoms with Gasteiger partial charge in [0, 0.05) is 74.6 Å². The van der Waals surface area contributed by atoms with Crippen LogP contribution in [0.15, 0.2) is 64.4 Å². The third kappa shape index (κ3) is 12.1. The quantitative estimate of drug-likeness (QED) is 0.0954. The summed E-state index contributed by atoms with van der Waals surface area (Å²) in [5.74, 6) is -3.30. The van der Waals surface area contributed by atoms with Crippen molar-refractivity contribution in [2.24, 2.45) is 33.7 Å². The number of ether oxygens (including phenoxy) is 2. The molecule has 14 nitrogen and oxygen atoms in total. The van der Waals surface area contributed by atoms with E-state index in [4.69, 9.17) is 24.6 Å². The fourth-order valence-corrected chi connectivity index (χ4v) is 8.96. The number of anilines is 1. The summed E-state index contributed by atoms with van der Waals surface area (Å²) < 4.78 is 25.7. The van der Waals surface area contributed by atoms with Gasteiger partial charge < -0.3 is 40.1 Å². The lowest BCUT2D eigenvalue weighted by atomic mass is 9.83. The molecular weight excluding hydrogens is 846 g/mol. The fraction of sp³-hybridized carbons (Fsp3) is 0.529. The highest BCUT2D eigenvalue weighted by Crippen LogP contribution is 2.45. The molecule has 66 heavy (non-hydrogen) atoms. The number of amides is 1. The molecule has 7 rings (SSSR count). The van der Waals surface area contributed by atoms with Crippen molar-refractivity contribution in [3.05, 3.63) is 87.6 Å². The van der Waals surface area contributed by atoms with E-state index in [9.17, 15) is 34.1 Å². The summed E-state index contributed by atoms with van der Waals surface area (Å²) in [6, 6.07) is 1.05. The van der Waals surface area contributed by atoms with Crippen LogP contribution in [0.2, 0.25) is 0 Å². The van der Waals surface area contributed by atoms with Crippen LogP contribution in [0.3, 0.4) is 0 Å². The van der Waals surface area contributed by atoms with E-state index in [1.807, 2.05) is 40.7 Å². The molecule has 5 heterocycles. The summed E-state index contributed by atoms with van der Waals surface area (Å²) in [6.07, 6.45) is 11.6. The van der Waals surface area contributed by atoms with E-state index in [0.717, 1.165) is 39.0 Å². The SMILES string of the molecule is CC.CO.COc1c(C)c(O)c2c(O)c3c4c(c2c1C(=O)C/C=C/CCC(OC(=O)c1cncc(F)c1)[C@H](C)C(O)[C@H](C)CC(C)/C=C/C=C(/C)C(=O)N3)=NC1(CCN(CC(C)C)CC1)N=4. The van der Waals surface area contributed by atoms with Gasteiger partial charge >= 0.3 is 5.97 Å². The molecule has 4 aliphatic rings. The number of aromatic hydroxyl groups is 2. The topological polar surface area (TPSA) is 203 Å². The number of aliphatic hydroxyl groups is 2. The number of nitrogens with one attached hydrogen (secondary N) is 1. The lowest BCUT2D eigenvalue weighted by Gasteiger charge is -2.36. The van der Waals surface area contributed by atoms with E-state index < -0.39 is 47.2 Å². The number of benzene rings is 2. The number of rotatable bonds is 5. The summed E-state index contributed by atoms with van der Waals surface area (Å²) in [6.45, 7) is 19.7. The zero-order valence-electron chi connectivity index (χ0n) is 40.4. The number of nitrogens with zero attached hydrogens (tertiary/aromatic N) is 4. The summed E-state index contributed by atoms with van der Waals surface area (Å²) in [5.41, 5.74) is -0.342. The number of carbonyl (C=O) groups excluding carboxylic acids is 3. The predicted octanol–water partition coefficient (Wildman–Crippen LogP) is 7.69. The van der Waals surface area contributed by atoms with Gasteiger partial charge in [-0.3, -0.25) is 24.6 Å². The Morgan fingerprint density at radius 2 is 1.67 bits per heavy atom. The number of esters is 1. The summed E-state index contributed by atoms with van der Waals surface area (Å²) in [4.78, 5) is 58.1. The van der Waals surface area contributed by atoms with E-state index in [1.165, 1.54) is 13.3 Å². The molecule has 2 aromatic carbocycles. The van der Waals surface area contributed by atoms with Gasteiger partial charge in [0.05, 0.1) is 41.3 Å². The van der Waals surface area contributed by atoms with Gasteiger partial charge in [0.2, 0.25) is 0 Å². The molecule has 360 valence electrons. The molecule has 1 spiro atoms. The van der Waals surface area contributed by atoms with Gasteiger partial charge in [-0.05, 0) is 56.9 Å². The number of allylic oxidation sites excluding steroid dienone is 5. The first-order valence-electron chi connectivity index (χ1n) is 23.0. The zero-order chi connectivity index (χ0) is 49.0. The molecule has 4 bridgehead atoms. The Labute approximate surface area is 388 Å². The highest BCUT2D eigenvalue weighted by Gasteiger charge is 2.39. The second kappa shape index (κ2) is 23.8. The molecule has 5 N–H and O–H groups in total. The van der Waals surface area contributed by atoms with Gasteiger partial charge in [-0.25, -0.2) is 9.18 Å². The Balaban J connectivity index is 0.00000232. The number of halogens is 1. The van der Waals surface area contributed by atoms with Crippen LogP contribution >= 0.6 is 0 Å². The van der Waals surface area contributed by atoms with Crippen LogP contribution in [0.4, 0.5) is 10.1 Å². The van der Waals surface area contributed by atoms with Crippen LogP contribution in [-0.2, 0) is 9.53 Å². The number of piperidine rings is 1. The van der Waals surface area contributed by atoms with Crippen LogP contribution in [0.25, 0.3) is 10.8 Å². The van der Waals surface area contributed by atoms with Gasteiger partial charge in [-0.2, -0.15) is 0 Å². The number of aromatic nitrogens is 1. The largest absolute Gasteiger partial charge is 0.507 e. The number of ketones is 1. The number of aliphatic hydroxyl groups excluding tert-OH is 2. The van der Waals surface area contributed by atoms with Crippen LogP contribution in [-0.4, -0.2) is 99.7 Å². The second-order valence-electron chi connectivity index (χ2n) is 17.7. The first-order chi connectivity index (χ1) is 31.4. The number of phenolic OH excluding ortho intramolecular Hbond substituents is 2. The van der Waals surface area contributed by atoms with Gasteiger partial charge in [0.1, 0.15) is 34.5 Å². The van der Waals surface area contributed by atoms with E-state index in [-0.39, 0.29) is 85.8 Å². The maximum Gasteiger partial charge on any atom is 0.340 e. The van der Waals surface area contributed by atoms with Gasteiger partial charge in [-0.15, -0.1) is 0 Å². The van der Waals surface area contributed by atoms with Gasteiger partial charge in [0.25, 0.3) is 5.91 Å². The van der Waals surface area contributed by atoms with E-state index in [0.29, 0.717) is 37.2 Å². The third-order valence-electron chi connectivity index (χ3n) is 12.4. The Morgan fingerprint density at radius 3 is 2.30 bits per heavy atom. The minimum Gasteiger partial charge on any atom is -0.507 e.